The molecule has 152 valence electrons. The van der Waals surface area contributed by atoms with E-state index in [4.69, 9.17) is 4.74 Å². The van der Waals surface area contributed by atoms with Crippen molar-refractivity contribution in [1.82, 2.24) is 10.2 Å². The lowest BCUT2D eigenvalue weighted by Crippen LogP contribution is -2.62. The summed E-state index contributed by atoms with van der Waals surface area (Å²) in [5, 5.41) is 2.76. The molecule has 4 rings (SSSR count). The average Bonchev–Trinajstić information content (AvgIpc) is 2.73. The predicted molar refractivity (Wildman–Crippen MR) is 112 cm³/mol. The highest BCUT2D eigenvalue weighted by molar-refractivity contribution is 5.87. The van der Waals surface area contributed by atoms with Crippen LogP contribution in [-0.2, 0) is 20.7 Å². The maximum atomic E-state index is 12.9. The van der Waals surface area contributed by atoms with Gasteiger partial charge in [0.2, 0.25) is 5.91 Å². The topological polar surface area (TPSA) is 58.6 Å². The van der Waals surface area contributed by atoms with Gasteiger partial charge in [-0.25, -0.2) is 0 Å². The predicted octanol–water partition coefficient (Wildman–Crippen LogP) is 3.04. The number of carbonyl (C=O) groups is 2. The van der Waals surface area contributed by atoms with E-state index >= 15 is 0 Å². The molecule has 1 atom stereocenters. The van der Waals surface area contributed by atoms with Gasteiger partial charge in [-0.3, -0.25) is 9.59 Å². The van der Waals surface area contributed by atoms with Gasteiger partial charge in [-0.15, -0.1) is 0 Å². The lowest BCUT2D eigenvalue weighted by atomic mass is 9.83. The largest absolute Gasteiger partial charge is 0.361 e. The summed E-state index contributed by atoms with van der Waals surface area (Å²) < 4.78 is 6.07. The molecule has 0 unspecified atom stereocenters. The number of carbonyl (C=O) groups excluding carboxylic acids is 2. The SMILES string of the molecule is CNC(=O)[C@@]1(Cc2cccc(-c3ccccc3)c2)CN(C(=O)C2CCC2)CCO1. The summed E-state index contributed by atoms with van der Waals surface area (Å²) in [6.07, 6.45) is 3.47. The van der Waals surface area contributed by atoms with E-state index in [1.54, 1.807) is 7.05 Å². The first-order valence-corrected chi connectivity index (χ1v) is 10.4. The number of hydrogen-bond acceptors (Lipinski definition) is 3. The standard InChI is InChI=1S/C24H28N2O3/c1-25-23(28)24(17-26(13-14-29-24)22(27)20-10-6-11-20)16-18-7-5-12-21(15-18)19-8-3-2-4-9-19/h2-5,7-9,12,15,20H,6,10-11,13-14,16-17H2,1H3,(H,25,28)/t24-/m1/s1. The summed E-state index contributed by atoms with van der Waals surface area (Å²) in [7, 11) is 1.63. The number of rotatable bonds is 5. The Morgan fingerprint density at radius 3 is 2.55 bits per heavy atom. The van der Waals surface area contributed by atoms with E-state index in [0.717, 1.165) is 36.0 Å². The van der Waals surface area contributed by atoms with Gasteiger partial charge in [0.15, 0.2) is 5.60 Å². The number of morpholine rings is 1. The zero-order valence-corrected chi connectivity index (χ0v) is 16.9. The van der Waals surface area contributed by atoms with Gasteiger partial charge < -0.3 is 15.0 Å². The summed E-state index contributed by atoms with van der Waals surface area (Å²) in [5.41, 5.74) is 2.21. The van der Waals surface area contributed by atoms with Gasteiger partial charge >= 0.3 is 0 Å². The fourth-order valence-corrected chi connectivity index (χ4v) is 4.26. The normalized spacial score (nSPS) is 22.0. The summed E-state index contributed by atoms with van der Waals surface area (Å²) in [5.74, 6) is 0.122. The lowest BCUT2D eigenvalue weighted by Gasteiger charge is -2.43. The second kappa shape index (κ2) is 8.37. The Morgan fingerprint density at radius 2 is 1.86 bits per heavy atom. The monoisotopic (exact) mass is 392 g/mol. The van der Waals surface area contributed by atoms with Crippen LogP contribution >= 0.6 is 0 Å². The molecule has 2 aliphatic rings. The molecule has 5 heteroatoms. The quantitative estimate of drug-likeness (QED) is 0.851. The third kappa shape index (κ3) is 4.06. The van der Waals surface area contributed by atoms with Crippen molar-refractivity contribution >= 4 is 11.8 Å². The first kappa shape index (κ1) is 19.6. The Kier molecular flexibility index (Phi) is 5.67. The summed E-state index contributed by atoms with van der Waals surface area (Å²) in [4.78, 5) is 27.5. The van der Waals surface area contributed by atoms with E-state index in [9.17, 15) is 9.59 Å². The highest BCUT2D eigenvalue weighted by Gasteiger charge is 2.45. The number of benzene rings is 2. The highest BCUT2D eigenvalue weighted by atomic mass is 16.5. The number of ether oxygens (including phenoxy) is 1. The first-order chi connectivity index (χ1) is 14.1. The Balaban J connectivity index is 1.59. The van der Waals surface area contributed by atoms with Crippen LogP contribution in [0.2, 0.25) is 0 Å². The van der Waals surface area contributed by atoms with Crippen LogP contribution in [0, 0.1) is 5.92 Å². The smallest absolute Gasteiger partial charge is 0.254 e. The first-order valence-electron chi connectivity index (χ1n) is 10.4. The molecule has 0 spiro atoms. The third-order valence-electron chi connectivity index (χ3n) is 6.12. The number of hydrogen-bond donors (Lipinski definition) is 1. The molecule has 1 heterocycles. The molecule has 0 radical (unpaired) electrons. The minimum absolute atomic E-state index is 0.122. The summed E-state index contributed by atoms with van der Waals surface area (Å²) >= 11 is 0. The molecular formula is C24H28N2O3. The molecule has 5 nitrogen and oxygen atoms in total. The second-order valence-corrected chi connectivity index (χ2v) is 8.05. The van der Waals surface area contributed by atoms with Crippen LogP contribution in [0.3, 0.4) is 0 Å². The van der Waals surface area contributed by atoms with Crippen molar-refractivity contribution in [3.8, 4) is 11.1 Å². The molecule has 1 aliphatic carbocycles. The van der Waals surface area contributed by atoms with Crippen LogP contribution in [0.15, 0.2) is 54.6 Å². The second-order valence-electron chi connectivity index (χ2n) is 8.05. The number of likely N-dealkylation sites (N-methyl/N-ethyl adjacent to an activating group) is 1. The lowest BCUT2D eigenvalue weighted by molar-refractivity contribution is -0.168. The van der Waals surface area contributed by atoms with E-state index in [0.29, 0.717) is 26.1 Å². The molecule has 29 heavy (non-hydrogen) atoms. The van der Waals surface area contributed by atoms with E-state index in [1.165, 1.54) is 0 Å². The highest BCUT2D eigenvalue weighted by Crippen LogP contribution is 2.32. The minimum Gasteiger partial charge on any atom is -0.361 e. The Morgan fingerprint density at radius 1 is 1.10 bits per heavy atom. The molecule has 1 saturated carbocycles. The molecule has 1 aliphatic heterocycles. The number of nitrogens with zero attached hydrogens (tertiary/aromatic N) is 1. The molecule has 1 N–H and O–H groups in total. The minimum atomic E-state index is -1.05. The molecule has 0 bridgehead atoms. The Hall–Kier alpha value is -2.66. The molecule has 2 amide bonds. The van der Waals surface area contributed by atoms with Crippen LogP contribution in [0.5, 0.6) is 0 Å². The number of nitrogens with one attached hydrogen (secondary N) is 1. The van der Waals surface area contributed by atoms with Gasteiger partial charge in [-0.1, -0.05) is 61.0 Å². The number of amides is 2. The molecule has 2 aromatic rings. The van der Waals surface area contributed by atoms with Gasteiger partial charge in [0, 0.05) is 25.9 Å². The van der Waals surface area contributed by atoms with Crippen molar-refractivity contribution in [3.63, 3.8) is 0 Å². The zero-order chi connectivity index (χ0) is 20.3. The van der Waals surface area contributed by atoms with Gasteiger partial charge in [0.25, 0.3) is 5.91 Å². The van der Waals surface area contributed by atoms with Gasteiger partial charge in [0.05, 0.1) is 13.2 Å². The maximum absolute atomic E-state index is 12.9. The van der Waals surface area contributed by atoms with Gasteiger partial charge in [-0.05, 0) is 29.5 Å². The van der Waals surface area contributed by atoms with Crippen LogP contribution in [0.25, 0.3) is 11.1 Å². The summed E-state index contributed by atoms with van der Waals surface area (Å²) in [6.45, 7) is 1.24. The molecular weight excluding hydrogens is 364 g/mol. The van der Waals surface area contributed by atoms with E-state index in [1.807, 2.05) is 35.2 Å². The third-order valence-corrected chi connectivity index (χ3v) is 6.12. The van der Waals surface area contributed by atoms with Gasteiger partial charge in [0.1, 0.15) is 0 Å². The van der Waals surface area contributed by atoms with E-state index in [-0.39, 0.29) is 17.7 Å². The molecule has 0 aromatic heterocycles. The van der Waals surface area contributed by atoms with Crippen molar-refractivity contribution < 1.29 is 14.3 Å². The van der Waals surface area contributed by atoms with Crippen LogP contribution < -0.4 is 5.32 Å². The zero-order valence-electron chi connectivity index (χ0n) is 16.9. The van der Waals surface area contributed by atoms with Crippen molar-refractivity contribution in [2.45, 2.75) is 31.3 Å². The van der Waals surface area contributed by atoms with E-state index in [2.05, 4.69) is 29.6 Å². The Labute approximate surface area is 172 Å². The average molecular weight is 392 g/mol. The van der Waals surface area contributed by atoms with Crippen LogP contribution in [0.4, 0.5) is 0 Å². The van der Waals surface area contributed by atoms with Crippen LogP contribution in [-0.4, -0.2) is 49.1 Å². The van der Waals surface area contributed by atoms with Crippen molar-refractivity contribution in [2.24, 2.45) is 5.92 Å². The molecule has 2 fully saturated rings. The van der Waals surface area contributed by atoms with E-state index < -0.39 is 5.60 Å². The fraction of sp³-hybridized carbons (Fsp3) is 0.417. The molecule has 1 saturated heterocycles. The Bertz CT molecular complexity index is 879. The van der Waals surface area contributed by atoms with Crippen molar-refractivity contribution in [2.75, 3.05) is 26.7 Å². The molecule has 2 aromatic carbocycles. The van der Waals surface area contributed by atoms with Crippen molar-refractivity contribution in [1.29, 1.82) is 0 Å². The van der Waals surface area contributed by atoms with Crippen LogP contribution in [0.1, 0.15) is 24.8 Å². The maximum Gasteiger partial charge on any atom is 0.254 e. The fourth-order valence-electron chi connectivity index (χ4n) is 4.26. The van der Waals surface area contributed by atoms with Gasteiger partial charge in [-0.2, -0.15) is 0 Å². The summed E-state index contributed by atoms with van der Waals surface area (Å²) in [6, 6.07) is 18.4. The van der Waals surface area contributed by atoms with Crippen molar-refractivity contribution in [3.05, 3.63) is 60.2 Å².